The highest BCUT2D eigenvalue weighted by atomic mass is 79.9. The molecule has 24 heavy (non-hydrogen) atoms. The molecule has 0 bridgehead atoms. The summed E-state index contributed by atoms with van der Waals surface area (Å²) in [6.45, 7) is 2.45. The third-order valence-electron chi connectivity index (χ3n) is 3.37. The molecule has 0 aromatic heterocycles. The molecule has 0 saturated heterocycles. The van der Waals surface area contributed by atoms with Gasteiger partial charge in [-0.1, -0.05) is 22.0 Å². The number of carbonyl (C=O) groups is 1. The third-order valence-corrected chi connectivity index (χ3v) is 3.87. The Balaban J connectivity index is 1.96. The van der Waals surface area contributed by atoms with Gasteiger partial charge < -0.3 is 14.8 Å². The maximum absolute atomic E-state index is 13.7. The van der Waals surface area contributed by atoms with Crippen LogP contribution in [0.2, 0.25) is 0 Å². The van der Waals surface area contributed by atoms with E-state index >= 15 is 0 Å². The van der Waals surface area contributed by atoms with Crippen molar-refractivity contribution in [3.8, 4) is 11.5 Å². The minimum absolute atomic E-state index is 0.174. The lowest BCUT2D eigenvalue weighted by Crippen LogP contribution is -2.13. The number of amides is 1. The van der Waals surface area contributed by atoms with Crippen molar-refractivity contribution in [3.05, 3.63) is 52.3 Å². The van der Waals surface area contributed by atoms with Gasteiger partial charge in [0.15, 0.2) is 11.5 Å². The lowest BCUT2D eigenvalue weighted by Gasteiger charge is -2.11. The lowest BCUT2D eigenvalue weighted by molar-refractivity contribution is -0.116. The summed E-state index contributed by atoms with van der Waals surface area (Å²) in [5.41, 5.74) is 1.12. The van der Waals surface area contributed by atoms with E-state index in [9.17, 15) is 9.18 Å². The molecule has 0 unspecified atom stereocenters. The van der Waals surface area contributed by atoms with Gasteiger partial charge in [0, 0.05) is 10.9 Å². The largest absolute Gasteiger partial charge is 0.493 e. The van der Waals surface area contributed by atoms with Crippen LogP contribution < -0.4 is 14.8 Å². The van der Waals surface area contributed by atoms with Gasteiger partial charge in [0.2, 0.25) is 5.91 Å². The number of hydrogen-bond donors (Lipinski definition) is 1. The van der Waals surface area contributed by atoms with Crippen LogP contribution in [0, 0.1) is 5.82 Å². The van der Waals surface area contributed by atoms with E-state index < -0.39 is 5.82 Å². The number of anilines is 1. The molecule has 2 aromatic rings. The molecule has 0 saturated carbocycles. The molecule has 1 amide bonds. The predicted molar refractivity (Wildman–Crippen MR) is 95.2 cm³/mol. The van der Waals surface area contributed by atoms with Crippen molar-refractivity contribution in [1.29, 1.82) is 0 Å². The Morgan fingerprint density at radius 2 is 2.00 bits per heavy atom. The van der Waals surface area contributed by atoms with Gasteiger partial charge in [0.1, 0.15) is 5.82 Å². The van der Waals surface area contributed by atoms with Gasteiger partial charge >= 0.3 is 0 Å². The minimum Gasteiger partial charge on any atom is -0.493 e. The molecule has 0 atom stereocenters. The lowest BCUT2D eigenvalue weighted by atomic mass is 10.1. The molecule has 6 heteroatoms. The maximum atomic E-state index is 13.7. The SMILES string of the molecule is CCOc1ccc(CCC(=O)Nc2ccc(Br)cc2F)cc1OC. The molecule has 0 spiro atoms. The Kier molecular flexibility index (Phi) is 6.61. The minimum atomic E-state index is -0.472. The van der Waals surface area contributed by atoms with Crippen LogP contribution in [-0.2, 0) is 11.2 Å². The normalized spacial score (nSPS) is 10.3. The van der Waals surface area contributed by atoms with Crippen molar-refractivity contribution in [2.75, 3.05) is 19.0 Å². The first-order chi connectivity index (χ1) is 11.5. The number of benzene rings is 2. The summed E-state index contributed by atoms with van der Waals surface area (Å²) >= 11 is 3.18. The highest BCUT2D eigenvalue weighted by molar-refractivity contribution is 9.10. The van der Waals surface area contributed by atoms with Gasteiger partial charge in [-0.05, 0) is 49.2 Å². The van der Waals surface area contributed by atoms with E-state index in [0.29, 0.717) is 29.0 Å². The molecule has 0 aliphatic rings. The quantitative estimate of drug-likeness (QED) is 0.746. The number of halogens is 2. The summed E-state index contributed by atoms with van der Waals surface area (Å²) < 4.78 is 25.1. The van der Waals surface area contributed by atoms with Crippen molar-refractivity contribution < 1.29 is 18.7 Å². The first-order valence-corrected chi connectivity index (χ1v) is 8.37. The highest BCUT2D eigenvalue weighted by Crippen LogP contribution is 2.28. The Morgan fingerprint density at radius 3 is 2.67 bits per heavy atom. The number of methoxy groups -OCH3 is 1. The number of rotatable bonds is 7. The molecule has 2 rings (SSSR count). The van der Waals surface area contributed by atoms with Crippen LogP contribution >= 0.6 is 15.9 Å². The topological polar surface area (TPSA) is 47.6 Å². The van der Waals surface area contributed by atoms with Crippen molar-refractivity contribution in [1.82, 2.24) is 0 Å². The smallest absolute Gasteiger partial charge is 0.224 e. The van der Waals surface area contributed by atoms with E-state index in [-0.39, 0.29) is 18.0 Å². The summed E-state index contributed by atoms with van der Waals surface area (Å²) in [5, 5.41) is 2.58. The fourth-order valence-corrected chi connectivity index (χ4v) is 2.54. The van der Waals surface area contributed by atoms with Gasteiger partial charge in [-0.2, -0.15) is 0 Å². The average molecular weight is 396 g/mol. The Bertz CT molecular complexity index is 721. The maximum Gasteiger partial charge on any atom is 0.224 e. The molecule has 0 fully saturated rings. The highest BCUT2D eigenvalue weighted by Gasteiger charge is 2.10. The van der Waals surface area contributed by atoms with E-state index in [2.05, 4.69) is 21.2 Å². The number of ether oxygens (including phenoxy) is 2. The second-order valence-corrected chi connectivity index (χ2v) is 6.01. The molecule has 0 aliphatic carbocycles. The number of aryl methyl sites for hydroxylation is 1. The van der Waals surface area contributed by atoms with Crippen LogP contribution in [0.15, 0.2) is 40.9 Å². The third kappa shape index (κ3) is 4.96. The van der Waals surface area contributed by atoms with E-state index in [1.54, 1.807) is 13.2 Å². The van der Waals surface area contributed by atoms with Gasteiger partial charge in [0.05, 0.1) is 19.4 Å². The zero-order chi connectivity index (χ0) is 17.5. The summed E-state index contributed by atoms with van der Waals surface area (Å²) in [5.74, 6) is 0.586. The average Bonchev–Trinajstić information content (AvgIpc) is 2.56. The Labute approximate surface area is 149 Å². The molecule has 4 nitrogen and oxygen atoms in total. The molecule has 0 aliphatic heterocycles. The van der Waals surface area contributed by atoms with Crippen LogP contribution in [0.25, 0.3) is 0 Å². The van der Waals surface area contributed by atoms with Crippen molar-refractivity contribution in [2.24, 2.45) is 0 Å². The molecule has 128 valence electrons. The van der Waals surface area contributed by atoms with Crippen LogP contribution in [0.5, 0.6) is 11.5 Å². The number of carbonyl (C=O) groups excluding carboxylic acids is 1. The Hall–Kier alpha value is -2.08. The fraction of sp³-hybridized carbons (Fsp3) is 0.278. The van der Waals surface area contributed by atoms with Gasteiger partial charge in [-0.3, -0.25) is 4.79 Å². The van der Waals surface area contributed by atoms with Crippen molar-refractivity contribution in [3.63, 3.8) is 0 Å². The van der Waals surface area contributed by atoms with Gasteiger partial charge in [-0.25, -0.2) is 4.39 Å². The zero-order valence-corrected chi connectivity index (χ0v) is 15.2. The van der Waals surface area contributed by atoms with Crippen LogP contribution in [-0.4, -0.2) is 19.6 Å². The molecule has 0 heterocycles. The molecular weight excluding hydrogens is 377 g/mol. The van der Waals surface area contributed by atoms with E-state index in [1.807, 2.05) is 25.1 Å². The van der Waals surface area contributed by atoms with E-state index in [1.165, 1.54) is 12.1 Å². The molecule has 0 radical (unpaired) electrons. The summed E-state index contributed by atoms with van der Waals surface area (Å²) in [6.07, 6.45) is 0.763. The number of hydrogen-bond acceptors (Lipinski definition) is 3. The molecule has 1 N–H and O–H groups in total. The molecule has 2 aromatic carbocycles. The van der Waals surface area contributed by atoms with Gasteiger partial charge in [-0.15, -0.1) is 0 Å². The number of nitrogens with one attached hydrogen (secondary N) is 1. The second-order valence-electron chi connectivity index (χ2n) is 5.09. The van der Waals surface area contributed by atoms with E-state index in [4.69, 9.17) is 9.47 Å². The monoisotopic (exact) mass is 395 g/mol. The Morgan fingerprint density at radius 1 is 1.21 bits per heavy atom. The summed E-state index contributed by atoms with van der Waals surface area (Å²) in [7, 11) is 1.57. The van der Waals surface area contributed by atoms with E-state index in [0.717, 1.165) is 5.56 Å². The second kappa shape index (κ2) is 8.68. The van der Waals surface area contributed by atoms with Gasteiger partial charge in [0.25, 0.3) is 0 Å². The van der Waals surface area contributed by atoms with Crippen molar-refractivity contribution in [2.45, 2.75) is 19.8 Å². The summed E-state index contributed by atoms with van der Waals surface area (Å²) in [4.78, 5) is 12.0. The molecular formula is C18H19BrFNO3. The first kappa shape index (κ1) is 18.3. The van der Waals surface area contributed by atoms with Crippen molar-refractivity contribution >= 4 is 27.5 Å². The fourth-order valence-electron chi connectivity index (χ4n) is 2.20. The first-order valence-electron chi connectivity index (χ1n) is 7.58. The van der Waals surface area contributed by atoms with Crippen LogP contribution in [0.4, 0.5) is 10.1 Å². The van der Waals surface area contributed by atoms with Crippen LogP contribution in [0.1, 0.15) is 18.9 Å². The zero-order valence-electron chi connectivity index (χ0n) is 13.6. The predicted octanol–water partition coefficient (Wildman–Crippen LogP) is 4.57. The standard InChI is InChI=1S/C18H19BrFNO3/c1-3-24-16-8-4-12(10-17(16)23-2)5-9-18(22)21-15-7-6-13(19)11-14(15)20/h4,6-8,10-11H,3,5,9H2,1-2H3,(H,21,22). The van der Waals surface area contributed by atoms with Crippen LogP contribution in [0.3, 0.4) is 0 Å². The summed E-state index contributed by atoms with van der Waals surface area (Å²) in [6, 6.07) is 10.1.